The zero-order valence-corrected chi connectivity index (χ0v) is 12.2. The fourth-order valence-corrected chi connectivity index (χ4v) is 1.86. The van der Waals surface area contributed by atoms with Crippen molar-refractivity contribution in [2.45, 2.75) is 19.4 Å². The van der Waals surface area contributed by atoms with Gasteiger partial charge in [-0.2, -0.15) is 0 Å². The average molecular weight is 285 g/mol. The highest BCUT2D eigenvalue weighted by Gasteiger charge is 2.26. The van der Waals surface area contributed by atoms with E-state index in [1.807, 2.05) is 31.3 Å². The van der Waals surface area contributed by atoms with Crippen LogP contribution in [0.15, 0.2) is 24.3 Å². The summed E-state index contributed by atoms with van der Waals surface area (Å²) >= 11 is 0. The topological polar surface area (TPSA) is 41.6 Å². The van der Waals surface area contributed by atoms with Gasteiger partial charge in [-0.25, -0.2) is 0 Å². The first-order chi connectivity index (χ1) is 8.72. The third-order valence-electron chi connectivity index (χ3n) is 3.18. The van der Waals surface area contributed by atoms with Gasteiger partial charge in [0.05, 0.1) is 12.6 Å². The molecule has 0 aliphatic carbocycles. The zero-order valence-electron chi connectivity index (χ0n) is 11.4. The number of carbonyl (C=O) groups is 1. The van der Waals surface area contributed by atoms with Gasteiger partial charge in [0.15, 0.2) is 0 Å². The number of likely N-dealkylation sites (N-methyl/N-ethyl adjacent to an activating group) is 1. The van der Waals surface area contributed by atoms with E-state index in [0.29, 0.717) is 18.2 Å². The number of carbonyl (C=O) groups excluding carboxylic acids is 1. The van der Waals surface area contributed by atoms with Gasteiger partial charge in [0.1, 0.15) is 5.75 Å². The number of ether oxygens (including phenoxy) is 1. The zero-order chi connectivity index (χ0) is 13.0. The summed E-state index contributed by atoms with van der Waals surface area (Å²) in [5.41, 5.74) is 0.693. The van der Waals surface area contributed by atoms with Crippen molar-refractivity contribution in [3.8, 4) is 5.75 Å². The van der Waals surface area contributed by atoms with Crippen molar-refractivity contribution in [1.82, 2.24) is 10.2 Å². The molecule has 1 aromatic rings. The predicted octanol–water partition coefficient (Wildman–Crippen LogP) is 1.94. The summed E-state index contributed by atoms with van der Waals surface area (Å²) in [6.07, 6.45) is 0.964. The van der Waals surface area contributed by atoms with Crippen molar-refractivity contribution in [1.29, 1.82) is 0 Å². The number of hydrogen-bond donors (Lipinski definition) is 1. The number of nitrogens with one attached hydrogen (secondary N) is 1. The van der Waals surface area contributed by atoms with Gasteiger partial charge in [0.25, 0.3) is 5.91 Å². The Morgan fingerprint density at radius 3 is 2.79 bits per heavy atom. The summed E-state index contributed by atoms with van der Waals surface area (Å²) in [5, 5.41) is 3.17. The monoisotopic (exact) mass is 284 g/mol. The number of hydrogen-bond acceptors (Lipinski definition) is 3. The van der Waals surface area contributed by atoms with Gasteiger partial charge in [-0.15, -0.1) is 12.4 Å². The normalized spacial score (nSPS) is 14.2. The second kappa shape index (κ2) is 7.36. The molecule has 4 nitrogen and oxygen atoms in total. The number of rotatable bonds is 5. The van der Waals surface area contributed by atoms with E-state index in [1.165, 1.54) is 0 Å². The molecular formula is C14H21ClN2O2. The molecule has 19 heavy (non-hydrogen) atoms. The summed E-state index contributed by atoms with van der Waals surface area (Å²) in [4.78, 5) is 14.0. The molecule has 1 aliphatic heterocycles. The lowest BCUT2D eigenvalue weighted by atomic mass is 10.1. The standard InChI is InChI=1S/C14H20N2O2.ClH/c1-3-7-18-13-6-4-5-11(8-13)14(17)16(2)12-9-15-10-12;/h4-6,8,12,15H,3,7,9-10H2,1-2H3;1H. The minimum absolute atomic E-state index is 0. The minimum atomic E-state index is 0. The van der Waals surface area contributed by atoms with Crippen LogP contribution >= 0.6 is 12.4 Å². The molecule has 1 heterocycles. The molecule has 5 heteroatoms. The molecule has 106 valence electrons. The fraction of sp³-hybridized carbons (Fsp3) is 0.500. The van der Waals surface area contributed by atoms with Gasteiger partial charge in [-0.1, -0.05) is 13.0 Å². The van der Waals surface area contributed by atoms with Gasteiger partial charge in [-0.05, 0) is 24.6 Å². The van der Waals surface area contributed by atoms with E-state index in [4.69, 9.17) is 4.74 Å². The average Bonchev–Trinajstić information content (AvgIpc) is 2.33. The Morgan fingerprint density at radius 2 is 2.21 bits per heavy atom. The lowest BCUT2D eigenvalue weighted by Gasteiger charge is -2.35. The van der Waals surface area contributed by atoms with Gasteiger partial charge >= 0.3 is 0 Å². The summed E-state index contributed by atoms with van der Waals surface area (Å²) in [6, 6.07) is 7.73. The van der Waals surface area contributed by atoms with Crippen LogP contribution in [0.25, 0.3) is 0 Å². The van der Waals surface area contributed by atoms with E-state index in [2.05, 4.69) is 12.2 Å². The lowest BCUT2D eigenvalue weighted by molar-refractivity contribution is 0.0680. The Kier molecular flexibility index (Phi) is 6.12. The molecule has 0 saturated carbocycles. The molecule has 0 spiro atoms. The maximum absolute atomic E-state index is 12.2. The van der Waals surface area contributed by atoms with E-state index in [1.54, 1.807) is 4.90 Å². The largest absolute Gasteiger partial charge is 0.494 e. The summed E-state index contributed by atoms with van der Waals surface area (Å²) in [7, 11) is 1.85. The molecule has 2 rings (SSSR count). The van der Waals surface area contributed by atoms with Crippen LogP contribution in [-0.2, 0) is 0 Å². The van der Waals surface area contributed by atoms with Crippen LogP contribution in [0.3, 0.4) is 0 Å². The summed E-state index contributed by atoms with van der Waals surface area (Å²) in [5.74, 6) is 0.825. The van der Waals surface area contributed by atoms with Crippen LogP contribution in [0, 0.1) is 0 Å². The molecule has 0 atom stereocenters. The van der Waals surface area contributed by atoms with Gasteiger partial charge in [0, 0.05) is 25.7 Å². The Morgan fingerprint density at radius 1 is 1.47 bits per heavy atom. The highest BCUT2D eigenvalue weighted by atomic mass is 35.5. The van der Waals surface area contributed by atoms with E-state index >= 15 is 0 Å². The maximum atomic E-state index is 12.2. The highest BCUT2D eigenvalue weighted by Crippen LogP contribution is 2.16. The molecule has 1 aromatic carbocycles. The quantitative estimate of drug-likeness (QED) is 0.898. The van der Waals surface area contributed by atoms with E-state index in [9.17, 15) is 4.79 Å². The van der Waals surface area contributed by atoms with Crippen LogP contribution in [0.5, 0.6) is 5.75 Å². The number of amides is 1. The molecule has 1 amide bonds. The maximum Gasteiger partial charge on any atom is 0.254 e. The van der Waals surface area contributed by atoms with E-state index < -0.39 is 0 Å². The Bertz CT molecular complexity index is 422. The van der Waals surface area contributed by atoms with Gasteiger partial charge < -0.3 is 15.0 Å². The second-order valence-corrected chi connectivity index (χ2v) is 4.60. The predicted molar refractivity (Wildman–Crippen MR) is 78.2 cm³/mol. The van der Waals surface area contributed by atoms with Crippen LogP contribution in [0.1, 0.15) is 23.7 Å². The van der Waals surface area contributed by atoms with Gasteiger partial charge in [0.2, 0.25) is 0 Å². The Balaban J connectivity index is 0.00000180. The van der Waals surface area contributed by atoms with Crippen molar-refractivity contribution in [2.75, 3.05) is 26.7 Å². The minimum Gasteiger partial charge on any atom is -0.494 e. The summed E-state index contributed by atoms with van der Waals surface area (Å²) < 4.78 is 5.54. The highest BCUT2D eigenvalue weighted by molar-refractivity contribution is 5.94. The SMILES string of the molecule is CCCOc1cccc(C(=O)N(C)C2CNC2)c1.Cl. The van der Waals surface area contributed by atoms with Crippen molar-refractivity contribution < 1.29 is 9.53 Å². The molecule has 0 aromatic heterocycles. The number of halogens is 1. The second-order valence-electron chi connectivity index (χ2n) is 4.60. The van der Waals surface area contributed by atoms with E-state index in [-0.39, 0.29) is 18.3 Å². The van der Waals surface area contributed by atoms with Crippen LogP contribution in [0.4, 0.5) is 0 Å². The number of benzene rings is 1. The number of nitrogens with zero attached hydrogens (tertiary/aromatic N) is 1. The van der Waals surface area contributed by atoms with Crippen molar-refractivity contribution in [3.05, 3.63) is 29.8 Å². The summed E-state index contributed by atoms with van der Waals surface area (Å²) in [6.45, 7) is 4.51. The van der Waals surface area contributed by atoms with Crippen molar-refractivity contribution in [2.24, 2.45) is 0 Å². The molecule has 1 N–H and O–H groups in total. The Hall–Kier alpha value is -1.26. The van der Waals surface area contributed by atoms with Gasteiger partial charge in [-0.3, -0.25) is 4.79 Å². The molecular weight excluding hydrogens is 264 g/mol. The third-order valence-corrected chi connectivity index (χ3v) is 3.18. The van der Waals surface area contributed by atoms with Crippen LogP contribution in [-0.4, -0.2) is 43.6 Å². The lowest BCUT2D eigenvalue weighted by Crippen LogP contribution is -2.57. The van der Waals surface area contributed by atoms with Crippen molar-refractivity contribution in [3.63, 3.8) is 0 Å². The first kappa shape index (κ1) is 15.8. The smallest absolute Gasteiger partial charge is 0.254 e. The Labute approximate surface area is 120 Å². The fourth-order valence-electron chi connectivity index (χ4n) is 1.86. The molecule has 0 unspecified atom stereocenters. The molecule has 1 saturated heterocycles. The molecule has 1 aliphatic rings. The van der Waals surface area contributed by atoms with Crippen LogP contribution in [0.2, 0.25) is 0 Å². The third kappa shape index (κ3) is 3.85. The molecule has 0 bridgehead atoms. The molecule has 0 radical (unpaired) electrons. The van der Waals surface area contributed by atoms with Crippen LogP contribution < -0.4 is 10.1 Å². The first-order valence-electron chi connectivity index (χ1n) is 6.43. The molecule has 1 fully saturated rings. The van der Waals surface area contributed by atoms with E-state index in [0.717, 1.165) is 25.3 Å². The van der Waals surface area contributed by atoms with Crippen molar-refractivity contribution >= 4 is 18.3 Å². The first-order valence-corrected chi connectivity index (χ1v) is 6.43.